The maximum Gasteiger partial charge on any atom is 0.343 e. The van der Waals surface area contributed by atoms with Gasteiger partial charge in [-0.05, 0) is 49.4 Å². The first kappa shape index (κ1) is 24.8. The van der Waals surface area contributed by atoms with Crippen LogP contribution in [0, 0.1) is 0 Å². The van der Waals surface area contributed by atoms with E-state index in [4.69, 9.17) is 32.7 Å². The highest BCUT2D eigenvalue weighted by Crippen LogP contribution is 2.30. The monoisotopic (exact) mass is 499 g/mol. The Hall–Kier alpha value is -3.88. The highest BCUT2D eigenvalue weighted by atomic mass is 35.5. The van der Waals surface area contributed by atoms with Crippen molar-refractivity contribution in [3.8, 4) is 11.5 Å². The zero-order valence-electron chi connectivity index (χ0n) is 18.1. The maximum absolute atomic E-state index is 12.3. The molecule has 0 unspecified atom stereocenters. The van der Waals surface area contributed by atoms with Crippen molar-refractivity contribution >= 4 is 52.4 Å². The first-order valence-corrected chi connectivity index (χ1v) is 10.6. The highest BCUT2D eigenvalue weighted by molar-refractivity contribution is 6.45. The number of carbonyl (C=O) groups excluding carboxylic acids is 3. The van der Waals surface area contributed by atoms with Crippen molar-refractivity contribution in [1.29, 1.82) is 0 Å². The van der Waals surface area contributed by atoms with Gasteiger partial charge in [0.25, 0.3) is 0 Å². The summed E-state index contributed by atoms with van der Waals surface area (Å²) in [5, 5.41) is 6.66. The molecule has 3 aromatic rings. The second-order valence-electron chi connectivity index (χ2n) is 6.81. The summed E-state index contributed by atoms with van der Waals surface area (Å²) >= 11 is 11.9. The van der Waals surface area contributed by atoms with Crippen molar-refractivity contribution < 1.29 is 23.9 Å². The molecule has 0 spiro atoms. The van der Waals surface area contributed by atoms with E-state index in [1.165, 1.54) is 13.2 Å². The Labute approximate surface area is 205 Å². The number of amides is 2. The van der Waals surface area contributed by atoms with Crippen LogP contribution in [0.25, 0.3) is 0 Å². The van der Waals surface area contributed by atoms with E-state index in [2.05, 4.69) is 15.8 Å². The van der Waals surface area contributed by atoms with E-state index in [-0.39, 0.29) is 27.2 Å². The van der Waals surface area contributed by atoms with Crippen LogP contribution in [0.3, 0.4) is 0 Å². The third-order valence-electron chi connectivity index (χ3n) is 4.52. The van der Waals surface area contributed by atoms with Crippen molar-refractivity contribution in [3.05, 3.63) is 87.9 Å². The van der Waals surface area contributed by atoms with Crippen LogP contribution in [0.2, 0.25) is 10.0 Å². The predicted octanol–water partition coefficient (Wildman–Crippen LogP) is 4.70. The van der Waals surface area contributed by atoms with Crippen molar-refractivity contribution in [2.45, 2.75) is 6.92 Å². The van der Waals surface area contributed by atoms with E-state index in [1.54, 1.807) is 67.6 Å². The Morgan fingerprint density at radius 3 is 2.29 bits per heavy atom. The van der Waals surface area contributed by atoms with Crippen LogP contribution in [0.15, 0.2) is 71.8 Å². The lowest BCUT2D eigenvalue weighted by molar-refractivity contribution is -0.136. The van der Waals surface area contributed by atoms with Gasteiger partial charge in [-0.15, -0.1) is 0 Å². The number of halogens is 2. The lowest BCUT2D eigenvalue weighted by Gasteiger charge is -2.11. The van der Waals surface area contributed by atoms with Gasteiger partial charge in [0.15, 0.2) is 11.5 Å². The lowest BCUT2D eigenvalue weighted by Crippen LogP contribution is -2.33. The van der Waals surface area contributed by atoms with Gasteiger partial charge in [0.05, 0.1) is 34.1 Å². The number of hydrogen-bond donors (Lipinski definition) is 2. The second-order valence-corrected chi connectivity index (χ2v) is 7.60. The summed E-state index contributed by atoms with van der Waals surface area (Å²) in [7, 11) is 1.43. The fourth-order valence-electron chi connectivity index (χ4n) is 2.74. The molecule has 8 nitrogen and oxygen atoms in total. The van der Waals surface area contributed by atoms with Crippen LogP contribution < -0.4 is 20.2 Å². The average Bonchev–Trinajstić information content (AvgIpc) is 2.85. The molecule has 0 aliphatic rings. The summed E-state index contributed by atoms with van der Waals surface area (Å²) in [5.41, 5.74) is 3.71. The summed E-state index contributed by atoms with van der Waals surface area (Å²) in [6.45, 7) is 1.62. The zero-order chi connectivity index (χ0) is 24.7. The molecular formula is C24H19Cl2N3O5. The van der Waals surface area contributed by atoms with Gasteiger partial charge in [0, 0.05) is 5.56 Å². The van der Waals surface area contributed by atoms with E-state index >= 15 is 0 Å². The van der Waals surface area contributed by atoms with E-state index in [0.717, 1.165) is 0 Å². The maximum atomic E-state index is 12.3. The molecule has 0 saturated carbocycles. The Balaban J connectivity index is 1.67. The fourth-order valence-corrected chi connectivity index (χ4v) is 3.09. The zero-order valence-corrected chi connectivity index (χ0v) is 19.6. The first-order valence-electron chi connectivity index (χ1n) is 9.85. The van der Waals surface area contributed by atoms with E-state index < -0.39 is 17.8 Å². The molecular weight excluding hydrogens is 481 g/mol. The van der Waals surface area contributed by atoms with Gasteiger partial charge >= 0.3 is 17.8 Å². The van der Waals surface area contributed by atoms with Crippen molar-refractivity contribution in [2.75, 3.05) is 12.4 Å². The number of hydrazone groups is 1. The molecule has 0 aromatic heterocycles. The predicted molar refractivity (Wildman–Crippen MR) is 130 cm³/mol. The molecule has 0 aliphatic carbocycles. The molecule has 0 atom stereocenters. The third-order valence-corrected chi connectivity index (χ3v) is 5.34. The molecule has 0 radical (unpaired) electrons. The minimum absolute atomic E-state index is 0.116. The molecule has 10 heteroatoms. The number of methoxy groups -OCH3 is 1. The summed E-state index contributed by atoms with van der Waals surface area (Å²) in [6.07, 6.45) is 0. The Morgan fingerprint density at radius 2 is 1.59 bits per heavy atom. The van der Waals surface area contributed by atoms with Crippen LogP contribution in [0.1, 0.15) is 22.8 Å². The quantitative estimate of drug-likeness (QED) is 0.168. The Morgan fingerprint density at radius 1 is 0.853 bits per heavy atom. The number of carbonyl (C=O) groups is 3. The first-order chi connectivity index (χ1) is 16.3. The average molecular weight is 500 g/mol. The van der Waals surface area contributed by atoms with Crippen LogP contribution in [-0.2, 0) is 9.59 Å². The topological polar surface area (TPSA) is 106 Å². The minimum Gasteiger partial charge on any atom is -0.493 e. The van der Waals surface area contributed by atoms with Crippen molar-refractivity contribution in [1.82, 2.24) is 5.43 Å². The Kier molecular flexibility index (Phi) is 8.24. The molecule has 0 heterocycles. The molecule has 0 aliphatic heterocycles. The largest absolute Gasteiger partial charge is 0.493 e. The summed E-state index contributed by atoms with van der Waals surface area (Å²) < 4.78 is 10.7. The van der Waals surface area contributed by atoms with E-state index in [1.807, 2.05) is 0 Å². The third kappa shape index (κ3) is 6.12. The standard InChI is InChI=1S/C24H19Cl2N3O5/c1-14(28-29-23(31)22(30)27-18-10-6-9-17(25)21(18)26)16-11-12-19(20(13-16)33-2)34-24(32)15-7-4-3-5-8-15/h3-13H,1-2H3,(H,27,30)(H,29,31)/b28-14+. The summed E-state index contributed by atoms with van der Waals surface area (Å²) in [6, 6.07) is 17.9. The normalized spacial score (nSPS) is 10.9. The van der Waals surface area contributed by atoms with Crippen LogP contribution in [0.5, 0.6) is 11.5 Å². The molecule has 3 aromatic carbocycles. The number of nitrogens with one attached hydrogen (secondary N) is 2. The molecule has 3 rings (SSSR count). The molecule has 34 heavy (non-hydrogen) atoms. The number of ether oxygens (including phenoxy) is 2. The number of hydrogen-bond acceptors (Lipinski definition) is 6. The molecule has 2 N–H and O–H groups in total. The second kappa shape index (κ2) is 11.3. The van der Waals surface area contributed by atoms with Gasteiger partial charge in [-0.25, -0.2) is 10.2 Å². The van der Waals surface area contributed by atoms with Gasteiger partial charge in [0.2, 0.25) is 0 Å². The number of rotatable bonds is 6. The number of esters is 1. The molecule has 2 amide bonds. The van der Waals surface area contributed by atoms with Gasteiger partial charge in [0.1, 0.15) is 0 Å². The van der Waals surface area contributed by atoms with Crippen LogP contribution in [-0.4, -0.2) is 30.6 Å². The summed E-state index contributed by atoms with van der Waals surface area (Å²) in [4.78, 5) is 36.6. The smallest absolute Gasteiger partial charge is 0.343 e. The van der Waals surface area contributed by atoms with Crippen molar-refractivity contribution in [3.63, 3.8) is 0 Å². The van der Waals surface area contributed by atoms with E-state index in [0.29, 0.717) is 16.8 Å². The molecule has 0 fully saturated rings. The Bertz CT molecular complexity index is 1260. The number of nitrogens with zero attached hydrogens (tertiary/aromatic N) is 1. The minimum atomic E-state index is -1.00. The SMILES string of the molecule is COc1cc(/C(C)=N/NC(=O)C(=O)Nc2cccc(Cl)c2Cl)ccc1OC(=O)c1ccccc1. The van der Waals surface area contributed by atoms with Gasteiger partial charge in [-0.2, -0.15) is 5.10 Å². The van der Waals surface area contributed by atoms with Crippen molar-refractivity contribution in [2.24, 2.45) is 5.10 Å². The number of anilines is 1. The van der Waals surface area contributed by atoms with Crippen LogP contribution >= 0.6 is 23.2 Å². The molecule has 174 valence electrons. The van der Waals surface area contributed by atoms with Gasteiger partial charge in [-0.1, -0.05) is 47.5 Å². The van der Waals surface area contributed by atoms with Crippen LogP contribution in [0.4, 0.5) is 5.69 Å². The van der Waals surface area contributed by atoms with Gasteiger partial charge < -0.3 is 14.8 Å². The fraction of sp³-hybridized carbons (Fsp3) is 0.0833. The van der Waals surface area contributed by atoms with Gasteiger partial charge in [-0.3, -0.25) is 9.59 Å². The molecule has 0 saturated heterocycles. The molecule has 0 bridgehead atoms. The lowest BCUT2D eigenvalue weighted by atomic mass is 10.1. The highest BCUT2D eigenvalue weighted by Gasteiger charge is 2.17. The number of benzene rings is 3. The summed E-state index contributed by atoms with van der Waals surface area (Å²) in [5.74, 6) is -2.00. The van der Waals surface area contributed by atoms with E-state index in [9.17, 15) is 14.4 Å².